The van der Waals surface area contributed by atoms with E-state index in [-0.39, 0.29) is 11.8 Å². The molecule has 0 saturated heterocycles. The molecular weight excluding hydrogens is 348 g/mol. The van der Waals surface area contributed by atoms with Crippen LogP contribution < -0.4 is 27.1 Å². The predicted octanol–water partition coefficient (Wildman–Crippen LogP) is 0.335. The van der Waals surface area contributed by atoms with E-state index < -0.39 is 6.29 Å². The van der Waals surface area contributed by atoms with Gasteiger partial charge in [0, 0.05) is 28.7 Å². The number of thiazole rings is 1. The van der Waals surface area contributed by atoms with Crippen LogP contribution >= 0.6 is 11.3 Å². The van der Waals surface area contributed by atoms with E-state index in [1.54, 1.807) is 11.3 Å². The Morgan fingerprint density at radius 2 is 2.27 bits per heavy atom. The number of hydrogen-bond donors (Lipinski definition) is 3. The Bertz CT molecular complexity index is 1150. The number of benzene rings is 1. The Balaban J connectivity index is 1.62. The summed E-state index contributed by atoms with van der Waals surface area (Å²) in [7, 11) is 0. The summed E-state index contributed by atoms with van der Waals surface area (Å²) in [4.78, 5) is 25.9. The molecule has 3 aromatic rings. The Kier molecular flexibility index (Phi) is 3.38. The molecule has 8 heteroatoms. The van der Waals surface area contributed by atoms with Crippen molar-refractivity contribution in [3.63, 3.8) is 0 Å². The van der Waals surface area contributed by atoms with Gasteiger partial charge in [-0.3, -0.25) is 10.5 Å². The number of rotatable bonds is 2. The van der Waals surface area contributed by atoms with Crippen molar-refractivity contribution in [2.45, 2.75) is 25.6 Å². The molecule has 0 radical (unpaired) electrons. The number of fused-ring (bicyclic) bond motifs is 4. The van der Waals surface area contributed by atoms with Gasteiger partial charge in [-0.05, 0) is 43.0 Å². The lowest BCUT2D eigenvalue weighted by Crippen LogP contribution is -2.47. The average molecular weight is 366 g/mol. The molecule has 1 aliphatic carbocycles. The van der Waals surface area contributed by atoms with E-state index in [1.807, 2.05) is 28.7 Å². The fourth-order valence-corrected chi connectivity index (χ4v) is 4.54. The van der Waals surface area contributed by atoms with Crippen LogP contribution in [-0.2, 0) is 17.6 Å². The zero-order valence-electron chi connectivity index (χ0n) is 14.0. The number of carbonyl (C=O) groups excluding carboxylic acids is 1. The quantitative estimate of drug-likeness (QED) is 0.607. The third-order valence-corrected chi connectivity index (χ3v) is 6.03. The first-order valence-corrected chi connectivity index (χ1v) is 9.44. The number of hydrogen-bond acceptors (Lipinski definition) is 6. The molecule has 0 spiro atoms. The molecule has 2 aliphatic rings. The van der Waals surface area contributed by atoms with E-state index in [0.29, 0.717) is 6.42 Å². The first-order chi connectivity index (χ1) is 12.6. The highest BCUT2D eigenvalue weighted by Gasteiger charge is 2.27. The number of primary amides is 1. The summed E-state index contributed by atoms with van der Waals surface area (Å²) in [5, 5.41) is 1.01. The van der Waals surface area contributed by atoms with Crippen LogP contribution in [0.2, 0.25) is 0 Å². The van der Waals surface area contributed by atoms with E-state index in [1.165, 1.54) is 0 Å². The first-order valence-electron chi connectivity index (χ1n) is 8.56. The Morgan fingerprint density at radius 3 is 3.12 bits per heavy atom. The second kappa shape index (κ2) is 5.65. The van der Waals surface area contributed by atoms with Crippen LogP contribution in [0.3, 0.4) is 0 Å². The third-order valence-electron chi connectivity index (χ3n) is 5.24. The van der Waals surface area contributed by atoms with Gasteiger partial charge in [0.05, 0.1) is 15.7 Å². The molecule has 1 amide bonds. The summed E-state index contributed by atoms with van der Waals surface area (Å²) < 4.78 is 1.11. The molecule has 5 N–H and O–H groups in total. The van der Waals surface area contributed by atoms with Crippen molar-refractivity contribution in [1.82, 2.24) is 9.97 Å². The van der Waals surface area contributed by atoms with Crippen molar-refractivity contribution in [3.8, 4) is 0 Å². The van der Waals surface area contributed by atoms with Gasteiger partial charge in [0.25, 0.3) is 0 Å². The number of nitrogens with zero attached hydrogens (tertiary/aromatic N) is 3. The van der Waals surface area contributed by atoms with Gasteiger partial charge in [0.1, 0.15) is 5.49 Å². The number of aromatic nitrogens is 2. The Labute approximate surface area is 153 Å². The first kappa shape index (κ1) is 15.5. The third kappa shape index (κ3) is 2.33. The van der Waals surface area contributed by atoms with Crippen molar-refractivity contribution in [2.24, 2.45) is 22.4 Å². The van der Waals surface area contributed by atoms with Crippen molar-refractivity contribution in [1.29, 1.82) is 0 Å². The van der Waals surface area contributed by atoms with Crippen LogP contribution in [0.4, 0.5) is 5.69 Å². The van der Waals surface area contributed by atoms with Gasteiger partial charge in [-0.1, -0.05) is 0 Å². The number of nitrogens with one attached hydrogen (secondary N) is 1. The number of aromatic amines is 1. The molecule has 0 fully saturated rings. The maximum atomic E-state index is 11.6. The molecular formula is C18H18N6OS. The topological polar surface area (TPSA) is 113 Å². The maximum Gasteiger partial charge on any atom is 0.220 e. The van der Waals surface area contributed by atoms with E-state index in [0.717, 1.165) is 50.7 Å². The largest absolute Gasteiger partial charge is 0.369 e. The van der Waals surface area contributed by atoms with Crippen LogP contribution in [-0.4, -0.2) is 22.2 Å². The minimum absolute atomic E-state index is 0.117. The van der Waals surface area contributed by atoms with Gasteiger partial charge in [-0.2, -0.15) is 0 Å². The molecule has 0 saturated carbocycles. The van der Waals surface area contributed by atoms with Crippen LogP contribution in [0.1, 0.15) is 17.7 Å². The second-order valence-electron chi connectivity index (χ2n) is 6.77. The molecule has 1 aliphatic heterocycles. The number of nitrogens with two attached hydrogens (primary N) is 2. The molecule has 2 atom stereocenters. The van der Waals surface area contributed by atoms with Gasteiger partial charge in [0.15, 0.2) is 6.29 Å². The highest BCUT2D eigenvalue weighted by molar-refractivity contribution is 7.16. The van der Waals surface area contributed by atoms with Gasteiger partial charge >= 0.3 is 0 Å². The number of amides is 1. The minimum atomic E-state index is -0.500. The second-order valence-corrected chi connectivity index (χ2v) is 7.66. The summed E-state index contributed by atoms with van der Waals surface area (Å²) in [6.45, 7) is 0. The molecule has 7 nitrogen and oxygen atoms in total. The molecule has 132 valence electrons. The summed E-state index contributed by atoms with van der Waals surface area (Å²) in [6.07, 6.45) is 3.77. The summed E-state index contributed by atoms with van der Waals surface area (Å²) in [6, 6.07) is 6.08. The molecule has 2 aromatic heterocycles. The summed E-state index contributed by atoms with van der Waals surface area (Å²) in [5.74, 6) is -0.351. The smallest absolute Gasteiger partial charge is 0.220 e. The van der Waals surface area contributed by atoms with Gasteiger partial charge in [-0.15, -0.1) is 11.3 Å². The summed E-state index contributed by atoms with van der Waals surface area (Å²) >= 11 is 1.60. The summed E-state index contributed by atoms with van der Waals surface area (Å²) in [5.41, 5.74) is 18.7. The van der Waals surface area contributed by atoms with Gasteiger partial charge in [-0.25, -0.2) is 9.98 Å². The zero-order valence-corrected chi connectivity index (χ0v) is 14.8. The van der Waals surface area contributed by atoms with Gasteiger partial charge in [0.2, 0.25) is 5.91 Å². The SMILES string of the molecule is NC(=O)C1CCc2[nH]c3c(c2C1)=CN(c1ccc2ncsc2c1)C(N)N=3. The van der Waals surface area contributed by atoms with E-state index >= 15 is 0 Å². The number of anilines is 1. The lowest BCUT2D eigenvalue weighted by Gasteiger charge is -2.26. The van der Waals surface area contributed by atoms with Crippen LogP contribution in [0.15, 0.2) is 28.7 Å². The molecule has 2 unspecified atom stereocenters. The molecule has 0 bridgehead atoms. The van der Waals surface area contributed by atoms with E-state index in [2.05, 4.69) is 21.0 Å². The number of aryl methyl sites for hydroxylation is 1. The van der Waals surface area contributed by atoms with Gasteiger partial charge < -0.3 is 15.6 Å². The highest BCUT2D eigenvalue weighted by Crippen LogP contribution is 2.27. The van der Waals surface area contributed by atoms with Crippen LogP contribution in [0.25, 0.3) is 16.4 Å². The lowest BCUT2D eigenvalue weighted by atomic mass is 9.86. The molecule has 1 aromatic carbocycles. The van der Waals surface area contributed by atoms with Crippen molar-refractivity contribution in [2.75, 3.05) is 4.90 Å². The standard InChI is InChI=1S/C18H18N6OS/c19-16(25)9-1-3-13-11(5-9)12-7-24(18(20)23-17(12)22-13)10-2-4-14-15(6-10)26-8-21-14/h2,4,6-9,18H,1,3,5,20H2,(H2,19,25)(H,22,23). The number of H-pyrrole nitrogens is 1. The van der Waals surface area contributed by atoms with Crippen molar-refractivity contribution >= 4 is 39.3 Å². The Morgan fingerprint density at radius 1 is 1.38 bits per heavy atom. The van der Waals surface area contributed by atoms with E-state index in [4.69, 9.17) is 11.5 Å². The van der Waals surface area contributed by atoms with Crippen molar-refractivity contribution in [3.05, 3.63) is 45.7 Å². The monoisotopic (exact) mass is 366 g/mol. The molecule has 5 rings (SSSR count). The average Bonchev–Trinajstić information content (AvgIpc) is 3.23. The van der Waals surface area contributed by atoms with E-state index in [9.17, 15) is 4.79 Å². The Hall–Kier alpha value is -2.71. The fourth-order valence-electron chi connectivity index (χ4n) is 3.83. The fraction of sp³-hybridized carbons (Fsp3) is 0.278. The normalized spacial score (nSPS) is 21.7. The molecule has 3 heterocycles. The number of carbonyl (C=O) groups is 1. The zero-order chi connectivity index (χ0) is 17.8. The predicted molar refractivity (Wildman–Crippen MR) is 101 cm³/mol. The lowest BCUT2D eigenvalue weighted by molar-refractivity contribution is -0.122. The van der Waals surface area contributed by atoms with Crippen LogP contribution in [0, 0.1) is 5.92 Å². The van der Waals surface area contributed by atoms with Crippen LogP contribution in [0.5, 0.6) is 0 Å². The minimum Gasteiger partial charge on any atom is -0.369 e. The van der Waals surface area contributed by atoms with Crippen molar-refractivity contribution < 1.29 is 4.79 Å². The highest BCUT2D eigenvalue weighted by atomic mass is 32.1. The maximum absolute atomic E-state index is 11.6. The molecule has 26 heavy (non-hydrogen) atoms.